The van der Waals surface area contributed by atoms with Crippen LogP contribution in [-0.2, 0) is 4.79 Å². The van der Waals surface area contributed by atoms with Crippen molar-refractivity contribution in [2.24, 2.45) is 5.41 Å². The third-order valence-corrected chi connectivity index (χ3v) is 3.29. The van der Waals surface area contributed by atoms with Gasteiger partial charge in [0, 0.05) is 12.0 Å². The van der Waals surface area contributed by atoms with E-state index in [2.05, 4.69) is 5.32 Å². The van der Waals surface area contributed by atoms with Crippen molar-refractivity contribution < 1.29 is 14.7 Å². The first kappa shape index (κ1) is 12.8. The lowest BCUT2D eigenvalue weighted by Crippen LogP contribution is -2.50. The molecule has 2 N–H and O–H groups in total. The molecule has 1 heterocycles. The van der Waals surface area contributed by atoms with E-state index in [4.69, 9.17) is 5.11 Å². The number of nitrogens with zero attached hydrogens (tertiary/aromatic N) is 1. The molecule has 1 fully saturated rings. The molecular formula is C11H20N2O3. The van der Waals surface area contributed by atoms with Crippen LogP contribution in [0, 0.1) is 5.41 Å². The molecule has 5 nitrogen and oxygen atoms in total. The standard InChI is InChI=1S/C11H20N2O3/c1-4-11(2,3)9(14)12-8-6-5-7-13(8)10(15)16/h8H,4-7H2,1-3H3,(H,12,14)(H,15,16). The van der Waals surface area contributed by atoms with Crippen molar-refractivity contribution in [1.29, 1.82) is 0 Å². The van der Waals surface area contributed by atoms with Gasteiger partial charge in [-0.15, -0.1) is 0 Å². The van der Waals surface area contributed by atoms with Gasteiger partial charge in [-0.1, -0.05) is 20.8 Å². The predicted octanol–water partition coefficient (Wildman–Crippen LogP) is 1.64. The average molecular weight is 228 g/mol. The van der Waals surface area contributed by atoms with Crippen molar-refractivity contribution in [2.45, 2.75) is 46.2 Å². The molecule has 0 saturated carbocycles. The molecule has 1 aliphatic heterocycles. The third kappa shape index (κ3) is 2.65. The zero-order valence-electron chi connectivity index (χ0n) is 10.1. The Morgan fingerprint density at radius 2 is 2.12 bits per heavy atom. The van der Waals surface area contributed by atoms with Crippen LogP contribution in [0.1, 0.15) is 40.0 Å². The normalized spacial score (nSPS) is 20.9. The number of amides is 2. The van der Waals surface area contributed by atoms with Crippen molar-refractivity contribution in [3.05, 3.63) is 0 Å². The first-order chi connectivity index (χ1) is 7.38. The summed E-state index contributed by atoms with van der Waals surface area (Å²) in [6.45, 7) is 6.18. The summed E-state index contributed by atoms with van der Waals surface area (Å²) in [7, 11) is 0. The summed E-state index contributed by atoms with van der Waals surface area (Å²) >= 11 is 0. The average Bonchev–Trinajstić information content (AvgIpc) is 2.65. The summed E-state index contributed by atoms with van der Waals surface area (Å²) in [5.41, 5.74) is -0.438. The van der Waals surface area contributed by atoms with Crippen LogP contribution in [0.2, 0.25) is 0 Å². The molecule has 0 aromatic carbocycles. The molecule has 0 aliphatic carbocycles. The van der Waals surface area contributed by atoms with Gasteiger partial charge < -0.3 is 10.4 Å². The van der Waals surface area contributed by atoms with Crippen molar-refractivity contribution in [1.82, 2.24) is 10.2 Å². The Morgan fingerprint density at radius 1 is 1.50 bits per heavy atom. The lowest BCUT2D eigenvalue weighted by atomic mass is 9.89. The quantitative estimate of drug-likeness (QED) is 0.771. The molecule has 1 unspecified atom stereocenters. The molecule has 0 aromatic heterocycles. The lowest BCUT2D eigenvalue weighted by molar-refractivity contribution is -0.131. The summed E-state index contributed by atoms with van der Waals surface area (Å²) < 4.78 is 0. The molecule has 1 aliphatic rings. The largest absolute Gasteiger partial charge is 0.465 e. The summed E-state index contributed by atoms with van der Waals surface area (Å²) in [6.07, 6.45) is 0.938. The molecule has 0 radical (unpaired) electrons. The SMILES string of the molecule is CCC(C)(C)C(=O)NC1CCCN1C(=O)O. The first-order valence-corrected chi connectivity index (χ1v) is 5.69. The van der Waals surface area contributed by atoms with Gasteiger partial charge in [0.25, 0.3) is 0 Å². The highest BCUT2D eigenvalue weighted by molar-refractivity contribution is 5.82. The zero-order valence-corrected chi connectivity index (χ0v) is 10.1. The monoisotopic (exact) mass is 228 g/mol. The van der Waals surface area contributed by atoms with Crippen LogP contribution in [0.25, 0.3) is 0 Å². The van der Waals surface area contributed by atoms with Gasteiger partial charge >= 0.3 is 6.09 Å². The Labute approximate surface area is 95.8 Å². The maximum absolute atomic E-state index is 11.9. The van der Waals surface area contributed by atoms with E-state index in [0.717, 1.165) is 12.8 Å². The molecule has 0 spiro atoms. The number of rotatable bonds is 3. The predicted molar refractivity (Wildman–Crippen MR) is 60.0 cm³/mol. The van der Waals surface area contributed by atoms with Gasteiger partial charge in [-0.05, 0) is 19.3 Å². The maximum atomic E-state index is 11.9. The topological polar surface area (TPSA) is 69.6 Å². The van der Waals surface area contributed by atoms with E-state index in [1.807, 2.05) is 20.8 Å². The van der Waals surface area contributed by atoms with Gasteiger partial charge in [-0.25, -0.2) is 4.79 Å². The molecule has 5 heteroatoms. The molecule has 92 valence electrons. The minimum Gasteiger partial charge on any atom is -0.465 e. The highest BCUT2D eigenvalue weighted by Gasteiger charge is 2.33. The lowest BCUT2D eigenvalue weighted by Gasteiger charge is -2.28. The van der Waals surface area contributed by atoms with Crippen LogP contribution in [-0.4, -0.2) is 34.7 Å². The first-order valence-electron chi connectivity index (χ1n) is 5.69. The molecule has 2 amide bonds. The number of nitrogens with one attached hydrogen (secondary N) is 1. The summed E-state index contributed by atoms with van der Waals surface area (Å²) in [6, 6.07) is 0. The number of likely N-dealkylation sites (tertiary alicyclic amines) is 1. The van der Waals surface area contributed by atoms with E-state index in [1.54, 1.807) is 0 Å². The van der Waals surface area contributed by atoms with Crippen LogP contribution in [0.4, 0.5) is 4.79 Å². The second-order valence-corrected chi connectivity index (χ2v) is 4.84. The van der Waals surface area contributed by atoms with Crippen molar-refractivity contribution >= 4 is 12.0 Å². The van der Waals surface area contributed by atoms with Crippen molar-refractivity contribution in [3.63, 3.8) is 0 Å². The van der Waals surface area contributed by atoms with Gasteiger partial charge in [0.05, 0.1) is 0 Å². The van der Waals surface area contributed by atoms with E-state index in [1.165, 1.54) is 4.90 Å². The smallest absolute Gasteiger partial charge is 0.408 e. The van der Waals surface area contributed by atoms with Crippen LogP contribution in [0.15, 0.2) is 0 Å². The number of hydrogen-bond acceptors (Lipinski definition) is 2. The van der Waals surface area contributed by atoms with E-state index < -0.39 is 11.5 Å². The number of carbonyl (C=O) groups is 2. The Balaban J connectivity index is 2.60. The van der Waals surface area contributed by atoms with Crippen LogP contribution < -0.4 is 5.32 Å². The highest BCUT2D eigenvalue weighted by Crippen LogP contribution is 2.22. The number of carboxylic acid groups (broad SMARTS) is 1. The second kappa shape index (κ2) is 4.72. The van der Waals surface area contributed by atoms with Crippen molar-refractivity contribution in [3.8, 4) is 0 Å². The Hall–Kier alpha value is -1.26. The maximum Gasteiger partial charge on any atom is 0.408 e. The van der Waals surface area contributed by atoms with Crippen molar-refractivity contribution in [2.75, 3.05) is 6.54 Å². The fraction of sp³-hybridized carbons (Fsp3) is 0.818. The van der Waals surface area contributed by atoms with Gasteiger partial charge in [0.2, 0.25) is 5.91 Å². The molecular weight excluding hydrogens is 208 g/mol. The zero-order chi connectivity index (χ0) is 12.3. The molecule has 1 atom stereocenters. The van der Waals surface area contributed by atoms with E-state index in [0.29, 0.717) is 13.0 Å². The van der Waals surface area contributed by atoms with Gasteiger partial charge in [-0.3, -0.25) is 9.69 Å². The van der Waals surface area contributed by atoms with Gasteiger partial charge in [-0.2, -0.15) is 0 Å². The van der Waals surface area contributed by atoms with Crippen LogP contribution in [0.5, 0.6) is 0 Å². The van der Waals surface area contributed by atoms with E-state index in [-0.39, 0.29) is 12.1 Å². The molecule has 1 saturated heterocycles. The Bertz CT molecular complexity index is 289. The third-order valence-electron chi connectivity index (χ3n) is 3.29. The van der Waals surface area contributed by atoms with Crippen LogP contribution >= 0.6 is 0 Å². The van der Waals surface area contributed by atoms with E-state index in [9.17, 15) is 9.59 Å². The summed E-state index contributed by atoms with van der Waals surface area (Å²) in [5, 5.41) is 11.7. The molecule has 16 heavy (non-hydrogen) atoms. The van der Waals surface area contributed by atoms with Crippen LogP contribution in [0.3, 0.4) is 0 Å². The Kier molecular flexibility index (Phi) is 3.78. The van der Waals surface area contributed by atoms with Gasteiger partial charge in [0.15, 0.2) is 0 Å². The minimum absolute atomic E-state index is 0.0758. The fourth-order valence-electron chi connectivity index (χ4n) is 1.65. The van der Waals surface area contributed by atoms with Gasteiger partial charge in [0.1, 0.15) is 6.17 Å². The molecule has 0 bridgehead atoms. The second-order valence-electron chi connectivity index (χ2n) is 4.84. The fourth-order valence-corrected chi connectivity index (χ4v) is 1.65. The summed E-state index contributed by atoms with van der Waals surface area (Å²) in [5.74, 6) is -0.0758. The molecule has 1 rings (SSSR count). The number of carbonyl (C=O) groups excluding carboxylic acids is 1. The highest BCUT2D eigenvalue weighted by atomic mass is 16.4. The molecule has 0 aromatic rings. The Morgan fingerprint density at radius 3 is 2.62 bits per heavy atom. The van der Waals surface area contributed by atoms with E-state index >= 15 is 0 Å². The minimum atomic E-state index is -0.961. The summed E-state index contributed by atoms with van der Waals surface area (Å²) in [4.78, 5) is 24.1. The number of hydrogen-bond donors (Lipinski definition) is 2.